The van der Waals surface area contributed by atoms with Crippen molar-refractivity contribution in [3.8, 4) is 0 Å². The van der Waals surface area contributed by atoms with Crippen LogP contribution in [0.25, 0.3) is 0 Å². The molecular weight excluding hydrogens is 260 g/mol. The minimum Gasteiger partial charge on any atom is -0.341 e. The van der Waals surface area contributed by atoms with Gasteiger partial charge in [-0.15, -0.1) is 0 Å². The highest BCUT2D eigenvalue weighted by molar-refractivity contribution is 5.30. The number of hydrogen-bond acceptors (Lipinski definition) is 4. The third-order valence-corrected chi connectivity index (χ3v) is 5.06. The summed E-state index contributed by atoms with van der Waals surface area (Å²) in [7, 11) is 0. The number of likely N-dealkylation sites (tertiary alicyclic amines) is 1. The Labute approximate surface area is 128 Å². The Morgan fingerprint density at radius 3 is 2.24 bits per heavy atom. The normalized spacial score (nSPS) is 22.7. The van der Waals surface area contributed by atoms with Crippen LogP contribution in [0.2, 0.25) is 0 Å². The minimum atomic E-state index is 0.861. The fourth-order valence-electron chi connectivity index (χ4n) is 3.47. The van der Waals surface area contributed by atoms with Gasteiger partial charge in [0.1, 0.15) is 0 Å². The van der Waals surface area contributed by atoms with Gasteiger partial charge in [0, 0.05) is 32.0 Å². The van der Waals surface area contributed by atoms with Crippen LogP contribution in [0.15, 0.2) is 12.4 Å². The number of aryl methyl sites for hydroxylation is 1. The lowest BCUT2D eigenvalue weighted by Crippen LogP contribution is -2.41. The molecule has 1 aromatic heterocycles. The highest BCUT2D eigenvalue weighted by atomic mass is 15.2. The topological polar surface area (TPSA) is 32.3 Å². The fraction of sp³-hybridized carbons (Fsp3) is 0.765. The van der Waals surface area contributed by atoms with Crippen LogP contribution < -0.4 is 4.90 Å². The molecule has 0 N–H and O–H groups in total. The second-order valence-corrected chi connectivity index (χ2v) is 6.97. The molecule has 3 heterocycles. The van der Waals surface area contributed by atoms with Crippen LogP contribution in [0.1, 0.15) is 38.2 Å². The molecule has 0 atom stereocenters. The summed E-state index contributed by atoms with van der Waals surface area (Å²) in [6, 6.07) is 0. The van der Waals surface area contributed by atoms with E-state index in [1.165, 1.54) is 45.3 Å². The number of piperidine rings is 2. The maximum absolute atomic E-state index is 4.46. The highest BCUT2D eigenvalue weighted by Gasteiger charge is 2.24. The molecule has 1 aromatic rings. The molecule has 2 aliphatic rings. The van der Waals surface area contributed by atoms with Crippen molar-refractivity contribution in [3.05, 3.63) is 18.0 Å². The smallest absolute Gasteiger partial charge is 0.225 e. The standard InChI is InChI=1S/C17H28N4/c1-14-3-7-20(8-4-14)13-16-5-9-21(10-6-16)17-18-11-15(2)12-19-17/h11-12,14,16H,3-10,13H2,1-2H3. The largest absolute Gasteiger partial charge is 0.341 e. The fourth-order valence-corrected chi connectivity index (χ4v) is 3.47. The first-order valence-corrected chi connectivity index (χ1v) is 8.46. The molecule has 2 saturated heterocycles. The van der Waals surface area contributed by atoms with Crippen molar-refractivity contribution >= 4 is 5.95 Å². The van der Waals surface area contributed by atoms with Gasteiger partial charge in [-0.05, 0) is 63.1 Å². The Kier molecular flexibility index (Phi) is 4.73. The summed E-state index contributed by atoms with van der Waals surface area (Å²) in [6.07, 6.45) is 9.17. The Morgan fingerprint density at radius 1 is 1.00 bits per heavy atom. The maximum Gasteiger partial charge on any atom is 0.225 e. The lowest BCUT2D eigenvalue weighted by Gasteiger charge is -2.37. The Morgan fingerprint density at radius 2 is 1.62 bits per heavy atom. The van der Waals surface area contributed by atoms with Gasteiger partial charge in [0.25, 0.3) is 0 Å². The van der Waals surface area contributed by atoms with E-state index in [1.807, 2.05) is 19.3 Å². The SMILES string of the molecule is Cc1cnc(N2CCC(CN3CCC(C)CC3)CC2)nc1. The summed E-state index contributed by atoms with van der Waals surface area (Å²) in [5.41, 5.74) is 1.13. The van der Waals surface area contributed by atoms with Gasteiger partial charge < -0.3 is 9.80 Å². The van der Waals surface area contributed by atoms with Crippen LogP contribution in [0.3, 0.4) is 0 Å². The van der Waals surface area contributed by atoms with Crippen molar-refractivity contribution in [2.24, 2.45) is 11.8 Å². The third kappa shape index (κ3) is 3.94. The van der Waals surface area contributed by atoms with E-state index in [-0.39, 0.29) is 0 Å². The van der Waals surface area contributed by atoms with E-state index in [0.717, 1.165) is 36.4 Å². The predicted molar refractivity (Wildman–Crippen MR) is 86.5 cm³/mol. The lowest BCUT2D eigenvalue weighted by atomic mass is 9.93. The molecule has 0 saturated carbocycles. The molecule has 0 spiro atoms. The number of nitrogens with zero attached hydrogens (tertiary/aromatic N) is 4. The van der Waals surface area contributed by atoms with Crippen molar-refractivity contribution in [2.45, 2.75) is 39.5 Å². The second kappa shape index (κ2) is 6.73. The van der Waals surface area contributed by atoms with Crippen LogP contribution in [-0.4, -0.2) is 47.6 Å². The van der Waals surface area contributed by atoms with Crippen LogP contribution in [0.4, 0.5) is 5.95 Å². The van der Waals surface area contributed by atoms with Crippen molar-refractivity contribution in [1.82, 2.24) is 14.9 Å². The second-order valence-electron chi connectivity index (χ2n) is 6.97. The molecule has 0 radical (unpaired) electrons. The first-order valence-electron chi connectivity index (χ1n) is 8.46. The van der Waals surface area contributed by atoms with Crippen molar-refractivity contribution in [3.63, 3.8) is 0 Å². The van der Waals surface area contributed by atoms with Gasteiger partial charge >= 0.3 is 0 Å². The monoisotopic (exact) mass is 288 g/mol. The zero-order chi connectivity index (χ0) is 14.7. The molecule has 0 aliphatic carbocycles. The van der Waals surface area contributed by atoms with Crippen molar-refractivity contribution in [1.29, 1.82) is 0 Å². The molecule has 2 aliphatic heterocycles. The number of rotatable bonds is 3. The Balaban J connectivity index is 1.45. The lowest BCUT2D eigenvalue weighted by molar-refractivity contribution is 0.156. The van der Waals surface area contributed by atoms with Gasteiger partial charge in [-0.25, -0.2) is 9.97 Å². The van der Waals surface area contributed by atoms with Gasteiger partial charge in [0.05, 0.1) is 0 Å². The molecule has 3 rings (SSSR count). The molecule has 4 heteroatoms. The van der Waals surface area contributed by atoms with Crippen LogP contribution >= 0.6 is 0 Å². The zero-order valence-corrected chi connectivity index (χ0v) is 13.5. The average Bonchev–Trinajstić information content (AvgIpc) is 2.51. The predicted octanol–water partition coefficient (Wildman–Crippen LogP) is 2.73. The quantitative estimate of drug-likeness (QED) is 0.856. The number of aromatic nitrogens is 2. The highest BCUT2D eigenvalue weighted by Crippen LogP contribution is 2.23. The van der Waals surface area contributed by atoms with Crippen LogP contribution in [0, 0.1) is 18.8 Å². The number of hydrogen-bond donors (Lipinski definition) is 0. The molecule has 0 aromatic carbocycles. The third-order valence-electron chi connectivity index (χ3n) is 5.06. The van der Waals surface area contributed by atoms with E-state index in [2.05, 4.69) is 26.7 Å². The average molecular weight is 288 g/mol. The molecule has 116 valence electrons. The van der Waals surface area contributed by atoms with Gasteiger partial charge in [0.2, 0.25) is 5.95 Å². The molecule has 4 nitrogen and oxygen atoms in total. The van der Waals surface area contributed by atoms with E-state index in [0.29, 0.717) is 0 Å². The summed E-state index contributed by atoms with van der Waals surface area (Å²) in [4.78, 5) is 13.9. The first kappa shape index (κ1) is 14.8. The first-order chi connectivity index (χ1) is 10.2. The maximum atomic E-state index is 4.46. The summed E-state index contributed by atoms with van der Waals surface area (Å²) in [6.45, 7) is 10.6. The molecule has 21 heavy (non-hydrogen) atoms. The van der Waals surface area contributed by atoms with Gasteiger partial charge in [-0.3, -0.25) is 0 Å². The Bertz CT molecular complexity index is 429. The van der Waals surface area contributed by atoms with E-state index in [1.54, 1.807) is 0 Å². The number of anilines is 1. The Hall–Kier alpha value is -1.16. The summed E-state index contributed by atoms with van der Waals surface area (Å²) in [5.74, 6) is 2.70. The molecule has 2 fully saturated rings. The molecule has 0 amide bonds. The van der Waals surface area contributed by atoms with Crippen molar-refractivity contribution < 1.29 is 0 Å². The van der Waals surface area contributed by atoms with E-state index in [4.69, 9.17) is 0 Å². The van der Waals surface area contributed by atoms with Gasteiger partial charge in [-0.2, -0.15) is 0 Å². The van der Waals surface area contributed by atoms with E-state index >= 15 is 0 Å². The van der Waals surface area contributed by atoms with E-state index in [9.17, 15) is 0 Å². The minimum absolute atomic E-state index is 0.861. The van der Waals surface area contributed by atoms with Crippen molar-refractivity contribution in [2.75, 3.05) is 37.6 Å². The van der Waals surface area contributed by atoms with Gasteiger partial charge in [0.15, 0.2) is 0 Å². The van der Waals surface area contributed by atoms with Crippen LogP contribution in [-0.2, 0) is 0 Å². The molecule has 0 unspecified atom stereocenters. The van der Waals surface area contributed by atoms with Gasteiger partial charge in [-0.1, -0.05) is 6.92 Å². The van der Waals surface area contributed by atoms with Crippen LogP contribution in [0.5, 0.6) is 0 Å². The summed E-state index contributed by atoms with van der Waals surface area (Å²) in [5, 5.41) is 0. The zero-order valence-electron chi connectivity index (χ0n) is 13.5. The summed E-state index contributed by atoms with van der Waals surface area (Å²) < 4.78 is 0. The van der Waals surface area contributed by atoms with E-state index < -0.39 is 0 Å². The summed E-state index contributed by atoms with van der Waals surface area (Å²) >= 11 is 0. The molecule has 0 bridgehead atoms. The molecular formula is C17H28N4.